The average molecular weight is 401 g/mol. The maximum atomic E-state index is 14.7. The van der Waals surface area contributed by atoms with Gasteiger partial charge >= 0.3 is 0 Å². The van der Waals surface area contributed by atoms with Gasteiger partial charge in [-0.15, -0.1) is 0 Å². The molecule has 2 aromatic rings. The molecule has 0 saturated carbocycles. The van der Waals surface area contributed by atoms with Gasteiger partial charge in [0.1, 0.15) is 11.9 Å². The lowest BCUT2D eigenvalue weighted by atomic mass is 9.97. The Morgan fingerprint density at radius 1 is 1.29 bits per heavy atom. The topological polar surface area (TPSA) is 91.6 Å². The predicted molar refractivity (Wildman–Crippen MR) is 105 cm³/mol. The van der Waals surface area contributed by atoms with Crippen molar-refractivity contribution in [3.05, 3.63) is 59.4 Å². The van der Waals surface area contributed by atoms with Crippen molar-refractivity contribution in [1.29, 1.82) is 5.26 Å². The molecule has 1 heterocycles. The average Bonchev–Trinajstić information content (AvgIpc) is 3.15. The molecule has 1 N–H and O–H groups in total. The van der Waals surface area contributed by atoms with E-state index in [1.54, 1.807) is 50.2 Å². The van der Waals surface area contributed by atoms with Crippen LogP contribution in [-0.2, 0) is 14.9 Å². The van der Waals surface area contributed by atoms with Crippen LogP contribution in [0.3, 0.4) is 0 Å². The number of sulfonamides is 1. The summed E-state index contributed by atoms with van der Waals surface area (Å²) in [6, 6.07) is 13.6. The third kappa shape index (κ3) is 4.21. The second kappa shape index (κ2) is 8.09. The fourth-order valence-corrected chi connectivity index (χ4v) is 3.56. The van der Waals surface area contributed by atoms with E-state index in [4.69, 9.17) is 4.84 Å². The van der Waals surface area contributed by atoms with Crippen molar-refractivity contribution in [1.82, 2.24) is 4.72 Å². The summed E-state index contributed by atoms with van der Waals surface area (Å²) in [6.45, 7) is 3.28. The molecule has 0 aliphatic carbocycles. The van der Waals surface area contributed by atoms with Gasteiger partial charge in [0.2, 0.25) is 10.0 Å². The van der Waals surface area contributed by atoms with Crippen molar-refractivity contribution in [2.75, 3.05) is 6.54 Å². The molecule has 0 bridgehead atoms. The number of benzene rings is 2. The zero-order valence-corrected chi connectivity index (χ0v) is 16.3. The number of nitrogens with one attached hydrogen (secondary N) is 1. The van der Waals surface area contributed by atoms with Crippen LogP contribution in [0.1, 0.15) is 31.4 Å². The molecule has 1 atom stereocenters. The summed E-state index contributed by atoms with van der Waals surface area (Å²) in [5, 5.41) is 12.7. The summed E-state index contributed by atoms with van der Waals surface area (Å²) < 4.78 is 40.9. The zero-order valence-electron chi connectivity index (χ0n) is 15.5. The van der Waals surface area contributed by atoms with Crippen molar-refractivity contribution >= 4 is 15.7 Å². The molecule has 0 amide bonds. The Bertz CT molecular complexity index is 1060. The van der Waals surface area contributed by atoms with E-state index in [0.717, 1.165) is 0 Å². The highest BCUT2D eigenvalue weighted by molar-refractivity contribution is 7.90. The first-order chi connectivity index (χ1) is 13.3. The number of nitrogens with zero attached hydrogens (tertiary/aromatic N) is 2. The van der Waals surface area contributed by atoms with Gasteiger partial charge in [0.15, 0.2) is 0 Å². The van der Waals surface area contributed by atoms with E-state index < -0.39 is 27.2 Å². The molecule has 8 heteroatoms. The standard InChI is InChI=1S/C20H20FN3O3S/c1-13(2)28(25,26)23-12-16-10-20(24-27-16)14-7-8-18(19(21)9-14)17-6-4-3-5-15(17)11-22/h3-9,13,16,23H,10,12H2,1-2H3. The third-order valence-electron chi connectivity index (χ3n) is 4.51. The minimum absolute atomic E-state index is 0.101. The molecule has 2 aromatic carbocycles. The van der Waals surface area contributed by atoms with E-state index in [-0.39, 0.29) is 6.54 Å². The highest BCUT2D eigenvalue weighted by atomic mass is 32.2. The molecule has 146 valence electrons. The quantitative estimate of drug-likeness (QED) is 0.805. The lowest BCUT2D eigenvalue weighted by molar-refractivity contribution is 0.0891. The summed E-state index contributed by atoms with van der Waals surface area (Å²) in [6.07, 6.45) is -0.0700. The molecule has 1 aliphatic heterocycles. The molecule has 6 nitrogen and oxygen atoms in total. The molecule has 0 aromatic heterocycles. The highest BCUT2D eigenvalue weighted by Gasteiger charge is 2.25. The SMILES string of the molecule is CC(C)S(=O)(=O)NCC1CC(c2ccc(-c3ccccc3C#N)c(F)c2)=NO1. The van der Waals surface area contributed by atoms with Crippen LogP contribution in [0.2, 0.25) is 0 Å². The monoisotopic (exact) mass is 401 g/mol. The highest BCUT2D eigenvalue weighted by Crippen LogP contribution is 2.28. The van der Waals surface area contributed by atoms with Crippen LogP contribution >= 0.6 is 0 Å². The van der Waals surface area contributed by atoms with Crippen molar-refractivity contribution in [2.45, 2.75) is 31.6 Å². The zero-order chi connectivity index (χ0) is 20.3. The second-order valence-electron chi connectivity index (χ2n) is 6.76. The van der Waals surface area contributed by atoms with E-state index in [9.17, 15) is 18.1 Å². The number of rotatable bonds is 6. The molecule has 0 radical (unpaired) electrons. The first-order valence-corrected chi connectivity index (χ1v) is 10.4. The smallest absolute Gasteiger partial charge is 0.214 e. The van der Waals surface area contributed by atoms with Crippen molar-refractivity contribution in [3.63, 3.8) is 0 Å². The molecule has 1 aliphatic rings. The Balaban J connectivity index is 1.73. The molecule has 1 unspecified atom stereocenters. The van der Waals surface area contributed by atoms with Gasteiger partial charge in [-0.05, 0) is 26.0 Å². The van der Waals surface area contributed by atoms with E-state index in [0.29, 0.717) is 34.4 Å². The molecule has 28 heavy (non-hydrogen) atoms. The van der Waals surface area contributed by atoms with Crippen molar-refractivity contribution in [2.24, 2.45) is 5.16 Å². The van der Waals surface area contributed by atoms with Crippen LogP contribution in [0.4, 0.5) is 4.39 Å². The molecular weight excluding hydrogens is 381 g/mol. The van der Waals surface area contributed by atoms with E-state index in [1.807, 2.05) is 0 Å². The Morgan fingerprint density at radius 2 is 2.04 bits per heavy atom. The molecule has 0 fully saturated rings. The Kier molecular flexibility index (Phi) is 5.77. The Morgan fingerprint density at radius 3 is 2.71 bits per heavy atom. The summed E-state index contributed by atoms with van der Waals surface area (Å²) in [5.74, 6) is -0.466. The predicted octanol–water partition coefficient (Wildman–Crippen LogP) is 3.19. The molecular formula is C20H20FN3O3S. The van der Waals surface area contributed by atoms with E-state index in [1.165, 1.54) is 6.07 Å². The summed E-state index contributed by atoms with van der Waals surface area (Å²) in [5.41, 5.74) is 2.37. The van der Waals surface area contributed by atoms with Gasteiger partial charge < -0.3 is 4.84 Å². The van der Waals surface area contributed by atoms with Crippen molar-refractivity contribution < 1.29 is 17.6 Å². The molecule has 0 spiro atoms. The number of oxime groups is 1. The Labute approximate surface area is 163 Å². The third-order valence-corrected chi connectivity index (χ3v) is 6.32. The molecule has 3 rings (SSSR count). The van der Waals surface area contributed by atoms with Gasteiger partial charge in [-0.2, -0.15) is 5.26 Å². The summed E-state index contributed by atoms with van der Waals surface area (Å²) in [4.78, 5) is 5.28. The lowest BCUT2D eigenvalue weighted by Crippen LogP contribution is -2.36. The van der Waals surface area contributed by atoms with Crippen LogP contribution in [-0.4, -0.2) is 32.0 Å². The minimum Gasteiger partial charge on any atom is -0.390 e. The van der Waals surface area contributed by atoms with E-state index >= 15 is 0 Å². The minimum atomic E-state index is -3.38. The fraction of sp³-hybridized carbons (Fsp3) is 0.300. The van der Waals surface area contributed by atoms with Gasteiger partial charge in [-0.25, -0.2) is 17.5 Å². The van der Waals surface area contributed by atoms with Gasteiger partial charge in [0.25, 0.3) is 0 Å². The van der Waals surface area contributed by atoms with E-state index in [2.05, 4.69) is 15.9 Å². The van der Waals surface area contributed by atoms with Gasteiger partial charge in [-0.1, -0.05) is 35.5 Å². The Hall–Kier alpha value is -2.76. The number of halogens is 1. The number of nitriles is 1. The normalized spacial score (nSPS) is 16.5. The lowest BCUT2D eigenvalue weighted by Gasteiger charge is -2.12. The van der Waals surface area contributed by atoms with Crippen LogP contribution < -0.4 is 4.72 Å². The number of hydrogen-bond donors (Lipinski definition) is 1. The first-order valence-electron chi connectivity index (χ1n) is 8.82. The van der Waals surface area contributed by atoms with Crippen molar-refractivity contribution in [3.8, 4) is 17.2 Å². The second-order valence-corrected chi connectivity index (χ2v) is 9.09. The van der Waals surface area contributed by atoms with Crippen LogP contribution in [0, 0.1) is 17.1 Å². The maximum absolute atomic E-state index is 14.7. The van der Waals surface area contributed by atoms with Crippen LogP contribution in [0.15, 0.2) is 47.6 Å². The van der Waals surface area contributed by atoms with Gasteiger partial charge in [-0.3, -0.25) is 0 Å². The largest absolute Gasteiger partial charge is 0.390 e. The first kappa shape index (κ1) is 20.0. The molecule has 0 saturated heterocycles. The summed E-state index contributed by atoms with van der Waals surface area (Å²) >= 11 is 0. The number of hydrogen-bond acceptors (Lipinski definition) is 5. The maximum Gasteiger partial charge on any atom is 0.214 e. The van der Waals surface area contributed by atoms with Crippen LogP contribution in [0.25, 0.3) is 11.1 Å². The summed E-state index contributed by atoms with van der Waals surface area (Å²) in [7, 11) is -3.38. The van der Waals surface area contributed by atoms with Gasteiger partial charge in [0.05, 0.1) is 29.1 Å². The van der Waals surface area contributed by atoms with Gasteiger partial charge in [0, 0.05) is 23.1 Å². The van der Waals surface area contributed by atoms with Crippen LogP contribution in [0.5, 0.6) is 0 Å². The fourth-order valence-electron chi connectivity index (χ4n) is 2.81.